The molecule has 3 aliphatic rings. The van der Waals surface area contributed by atoms with E-state index in [0.29, 0.717) is 13.2 Å². The monoisotopic (exact) mass is 346 g/mol. The van der Waals surface area contributed by atoms with E-state index < -0.39 is 0 Å². The molecule has 4 rings (SSSR count). The summed E-state index contributed by atoms with van der Waals surface area (Å²) in [6.45, 7) is 6.69. The number of carbonyl (C=O) groups is 1. The Kier molecular flexibility index (Phi) is 4.76. The van der Waals surface area contributed by atoms with Crippen LogP contribution in [-0.2, 0) is 9.63 Å². The Bertz CT molecular complexity index is 620. The molecule has 0 saturated carbocycles. The van der Waals surface area contributed by atoms with Crippen LogP contribution in [0.2, 0.25) is 0 Å². The quantitative estimate of drug-likeness (QED) is 0.801. The second-order valence-electron chi connectivity index (χ2n) is 6.89. The highest BCUT2D eigenvalue weighted by Gasteiger charge is 2.40. The zero-order valence-corrected chi connectivity index (χ0v) is 14.8. The Balaban J connectivity index is 1.39. The minimum absolute atomic E-state index is 0.0716. The van der Waals surface area contributed by atoms with Crippen molar-refractivity contribution >= 4 is 11.7 Å². The van der Waals surface area contributed by atoms with E-state index in [-0.39, 0.29) is 18.1 Å². The molecule has 1 aromatic rings. The van der Waals surface area contributed by atoms with Gasteiger partial charge in [0.25, 0.3) is 5.91 Å². The Labute approximate surface area is 148 Å². The molecule has 3 fully saturated rings. The van der Waals surface area contributed by atoms with Gasteiger partial charge in [-0.15, -0.1) is 0 Å². The number of rotatable bonds is 5. The van der Waals surface area contributed by atoms with Gasteiger partial charge < -0.3 is 9.64 Å². The van der Waals surface area contributed by atoms with Gasteiger partial charge in [0.2, 0.25) is 0 Å². The fourth-order valence-electron chi connectivity index (χ4n) is 3.92. The number of hydroxylamine groups is 2. The van der Waals surface area contributed by atoms with Crippen molar-refractivity contribution in [3.8, 4) is 5.75 Å². The van der Waals surface area contributed by atoms with Crippen molar-refractivity contribution in [1.82, 2.24) is 14.9 Å². The molecule has 0 aliphatic carbocycles. The first kappa shape index (κ1) is 16.6. The first-order chi connectivity index (χ1) is 12.3. The second-order valence-corrected chi connectivity index (χ2v) is 6.89. The van der Waals surface area contributed by atoms with Crippen molar-refractivity contribution in [2.24, 2.45) is 0 Å². The number of hydrogen-bond acceptors (Lipinski definition) is 6. The van der Waals surface area contributed by atoms with Gasteiger partial charge >= 0.3 is 0 Å². The Morgan fingerprint density at radius 3 is 2.92 bits per heavy atom. The van der Waals surface area contributed by atoms with Crippen LogP contribution in [0.25, 0.3) is 0 Å². The molecule has 1 aromatic heterocycles. The van der Waals surface area contributed by atoms with E-state index in [1.54, 1.807) is 0 Å². The topological polar surface area (TPSA) is 58.1 Å². The van der Waals surface area contributed by atoms with Crippen LogP contribution in [-0.4, -0.2) is 72.3 Å². The molecule has 3 aliphatic heterocycles. The Hall–Kier alpha value is -1.86. The van der Waals surface area contributed by atoms with Crippen LogP contribution in [0.5, 0.6) is 5.75 Å². The molecule has 2 atom stereocenters. The van der Waals surface area contributed by atoms with Crippen LogP contribution in [0, 0.1) is 0 Å². The number of pyridine rings is 1. The number of anilines is 1. The minimum atomic E-state index is -0.166. The smallest absolute Gasteiger partial charge is 0.265 e. The molecule has 4 heterocycles. The van der Waals surface area contributed by atoms with Gasteiger partial charge in [0.1, 0.15) is 12.1 Å². The molecule has 0 unspecified atom stereocenters. The zero-order chi connectivity index (χ0) is 17.2. The van der Waals surface area contributed by atoms with Crippen LogP contribution in [0.4, 0.5) is 5.82 Å². The van der Waals surface area contributed by atoms with Crippen molar-refractivity contribution in [3.63, 3.8) is 0 Å². The van der Waals surface area contributed by atoms with Gasteiger partial charge in [-0.25, -0.2) is 10.0 Å². The van der Waals surface area contributed by atoms with Gasteiger partial charge in [-0.2, -0.15) is 0 Å². The summed E-state index contributed by atoms with van der Waals surface area (Å²) in [5, 5.41) is 1.46. The maximum Gasteiger partial charge on any atom is 0.265 e. The predicted octanol–water partition coefficient (Wildman–Crippen LogP) is 1.30. The minimum Gasteiger partial charge on any atom is -0.485 e. The molecule has 3 saturated heterocycles. The average molecular weight is 346 g/mol. The van der Waals surface area contributed by atoms with Crippen LogP contribution >= 0.6 is 0 Å². The van der Waals surface area contributed by atoms with Gasteiger partial charge in [-0.1, -0.05) is 0 Å². The second kappa shape index (κ2) is 7.17. The number of likely N-dealkylation sites (N-methyl/N-ethyl adjacent to an activating group) is 1. The highest BCUT2D eigenvalue weighted by atomic mass is 16.7. The standard InChI is InChI=1S/C18H26N4O3/c1-2-22-18(23)15(13-24-22)21-11-7-14(12-21)25-16-6-5-8-19-17(16)20-9-3-4-10-20/h5-6,8,14-15H,2-4,7,9-13H2,1H3/t14-,15+/m1/s1. The van der Waals surface area contributed by atoms with Gasteiger partial charge in [0.05, 0.1) is 6.61 Å². The number of carbonyl (C=O) groups excluding carboxylic acids is 1. The number of hydrogen-bond donors (Lipinski definition) is 0. The van der Waals surface area contributed by atoms with Gasteiger partial charge in [0, 0.05) is 38.9 Å². The lowest BCUT2D eigenvalue weighted by atomic mass is 10.2. The van der Waals surface area contributed by atoms with Gasteiger partial charge in [-0.05, 0) is 38.3 Å². The summed E-state index contributed by atoms with van der Waals surface area (Å²) in [6.07, 6.45) is 5.27. The van der Waals surface area contributed by atoms with Crippen molar-refractivity contribution in [1.29, 1.82) is 0 Å². The van der Waals surface area contributed by atoms with Crippen LogP contribution in [0.15, 0.2) is 18.3 Å². The maximum absolute atomic E-state index is 12.3. The third-order valence-corrected chi connectivity index (χ3v) is 5.27. The maximum atomic E-state index is 12.3. The molecular formula is C18H26N4O3. The van der Waals surface area contributed by atoms with Crippen LogP contribution < -0.4 is 9.64 Å². The summed E-state index contributed by atoms with van der Waals surface area (Å²) >= 11 is 0. The predicted molar refractivity (Wildman–Crippen MR) is 93.4 cm³/mol. The lowest BCUT2D eigenvalue weighted by Crippen LogP contribution is -2.42. The van der Waals surface area contributed by atoms with Crippen molar-refractivity contribution < 1.29 is 14.4 Å². The number of amides is 1. The molecule has 25 heavy (non-hydrogen) atoms. The van der Waals surface area contributed by atoms with Crippen molar-refractivity contribution in [2.75, 3.05) is 44.2 Å². The molecule has 1 amide bonds. The summed E-state index contributed by atoms with van der Waals surface area (Å²) in [5.41, 5.74) is 0. The summed E-state index contributed by atoms with van der Waals surface area (Å²) in [4.78, 5) is 26.8. The van der Waals surface area contributed by atoms with E-state index in [0.717, 1.165) is 44.2 Å². The number of ether oxygens (including phenoxy) is 1. The van der Waals surface area contributed by atoms with Crippen LogP contribution in [0.3, 0.4) is 0 Å². The SMILES string of the molecule is CCN1OC[C@H](N2CC[C@@H](Oc3cccnc3N3CCCC3)C2)C1=O. The molecular weight excluding hydrogens is 320 g/mol. The summed E-state index contributed by atoms with van der Waals surface area (Å²) in [7, 11) is 0. The fourth-order valence-corrected chi connectivity index (χ4v) is 3.92. The number of nitrogens with zero attached hydrogens (tertiary/aromatic N) is 4. The number of likely N-dealkylation sites (tertiary alicyclic amines) is 1. The molecule has 0 aromatic carbocycles. The van der Waals surface area contributed by atoms with E-state index in [9.17, 15) is 4.79 Å². The molecule has 7 heteroatoms. The lowest BCUT2D eigenvalue weighted by molar-refractivity contribution is -0.160. The highest BCUT2D eigenvalue weighted by molar-refractivity contribution is 5.82. The van der Waals surface area contributed by atoms with E-state index in [2.05, 4.69) is 14.8 Å². The first-order valence-electron chi connectivity index (χ1n) is 9.31. The van der Waals surface area contributed by atoms with Gasteiger partial charge in [-0.3, -0.25) is 14.5 Å². The summed E-state index contributed by atoms with van der Waals surface area (Å²) < 4.78 is 6.29. The summed E-state index contributed by atoms with van der Waals surface area (Å²) in [6, 6.07) is 3.77. The molecule has 0 radical (unpaired) electrons. The Morgan fingerprint density at radius 1 is 1.32 bits per heavy atom. The van der Waals surface area contributed by atoms with Crippen molar-refractivity contribution in [2.45, 2.75) is 38.3 Å². The average Bonchev–Trinajstić information content (AvgIpc) is 3.36. The molecule has 0 spiro atoms. The molecule has 0 N–H and O–H groups in total. The highest BCUT2D eigenvalue weighted by Crippen LogP contribution is 2.31. The van der Waals surface area contributed by atoms with Crippen LogP contribution in [0.1, 0.15) is 26.2 Å². The number of aromatic nitrogens is 1. The first-order valence-corrected chi connectivity index (χ1v) is 9.31. The fraction of sp³-hybridized carbons (Fsp3) is 0.667. The lowest BCUT2D eigenvalue weighted by Gasteiger charge is -2.23. The summed E-state index contributed by atoms with van der Waals surface area (Å²) in [5.74, 6) is 1.89. The van der Waals surface area contributed by atoms with E-state index in [4.69, 9.17) is 9.57 Å². The zero-order valence-electron chi connectivity index (χ0n) is 14.8. The largest absolute Gasteiger partial charge is 0.485 e. The van der Waals surface area contributed by atoms with Crippen molar-refractivity contribution in [3.05, 3.63) is 18.3 Å². The molecule has 136 valence electrons. The molecule has 0 bridgehead atoms. The van der Waals surface area contributed by atoms with E-state index >= 15 is 0 Å². The van der Waals surface area contributed by atoms with E-state index in [1.165, 1.54) is 17.9 Å². The normalized spacial score (nSPS) is 27.5. The molecule has 7 nitrogen and oxygen atoms in total. The third-order valence-electron chi connectivity index (χ3n) is 5.27. The van der Waals surface area contributed by atoms with Gasteiger partial charge in [0.15, 0.2) is 11.6 Å². The third kappa shape index (κ3) is 3.30. The Morgan fingerprint density at radius 2 is 2.16 bits per heavy atom. The van der Waals surface area contributed by atoms with E-state index in [1.807, 2.05) is 25.3 Å².